The van der Waals surface area contributed by atoms with Gasteiger partial charge in [-0.2, -0.15) is 0 Å². The third kappa shape index (κ3) is 7.41. The highest BCUT2D eigenvalue weighted by atomic mass is 16.5. The van der Waals surface area contributed by atoms with Gasteiger partial charge in [-0.15, -0.1) is 0 Å². The first-order chi connectivity index (χ1) is 12.5. The van der Waals surface area contributed by atoms with Crippen molar-refractivity contribution < 1.29 is 19.4 Å². The molecule has 1 heterocycles. The van der Waals surface area contributed by atoms with Crippen LogP contribution < -0.4 is 10.6 Å². The summed E-state index contributed by atoms with van der Waals surface area (Å²) in [6.45, 7) is 3.05. The van der Waals surface area contributed by atoms with Crippen molar-refractivity contribution in [3.8, 4) is 0 Å². The Bertz CT molecular complexity index is 559. The van der Waals surface area contributed by atoms with Gasteiger partial charge in [0.1, 0.15) is 12.6 Å². The van der Waals surface area contributed by atoms with Crippen molar-refractivity contribution in [1.82, 2.24) is 15.5 Å². The van der Waals surface area contributed by atoms with Gasteiger partial charge in [-0.25, -0.2) is 9.59 Å². The molecule has 1 fully saturated rings. The molecule has 26 heavy (non-hydrogen) atoms. The van der Waals surface area contributed by atoms with E-state index in [1.807, 2.05) is 30.3 Å². The zero-order valence-electron chi connectivity index (χ0n) is 15.3. The minimum atomic E-state index is -1.04. The number of nitrogens with one attached hydrogen (secondary N) is 2. The van der Waals surface area contributed by atoms with Crippen LogP contribution in [0.3, 0.4) is 0 Å². The number of hydrogen-bond acceptors (Lipinski definition) is 5. The Labute approximate surface area is 154 Å². The van der Waals surface area contributed by atoms with Crippen molar-refractivity contribution in [1.29, 1.82) is 0 Å². The van der Waals surface area contributed by atoms with Gasteiger partial charge < -0.3 is 25.4 Å². The molecule has 1 aliphatic rings. The van der Waals surface area contributed by atoms with Crippen LogP contribution in [0, 0.1) is 0 Å². The van der Waals surface area contributed by atoms with Gasteiger partial charge in [-0.05, 0) is 57.9 Å². The first-order valence-corrected chi connectivity index (χ1v) is 9.16. The van der Waals surface area contributed by atoms with Crippen LogP contribution in [0.4, 0.5) is 4.79 Å². The molecule has 0 saturated carbocycles. The predicted molar refractivity (Wildman–Crippen MR) is 98.9 cm³/mol. The first-order valence-electron chi connectivity index (χ1n) is 9.16. The SMILES string of the molecule is CN1CCC(NCCC[C@H](NC(=O)OCc2ccccc2)C(=O)O)CC1. The Morgan fingerprint density at radius 1 is 1.27 bits per heavy atom. The number of aliphatic carboxylic acids is 1. The Morgan fingerprint density at radius 3 is 2.62 bits per heavy atom. The second-order valence-corrected chi connectivity index (χ2v) is 6.77. The molecule has 1 aliphatic heterocycles. The Morgan fingerprint density at radius 2 is 1.96 bits per heavy atom. The number of carboxylic acid groups (broad SMARTS) is 1. The monoisotopic (exact) mass is 363 g/mol. The number of amides is 1. The standard InChI is InChI=1S/C19H29N3O4/c1-22-12-9-16(10-13-22)20-11-5-8-17(18(23)24)21-19(25)26-14-15-6-3-2-4-7-15/h2-4,6-7,16-17,20H,5,8-14H2,1H3,(H,21,25)(H,23,24)/t17-/m0/s1. The quantitative estimate of drug-likeness (QED) is 0.580. The molecule has 0 bridgehead atoms. The van der Waals surface area contributed by atoms with Crippen LogP contribution in [-0.4, -0.2) is 60.8 Å². The number of carboxylic acids is 1. The van der Waals surface area contributed by atoms with Crippen LogP contribution in [-0.2, 0) is 16.1 Å². The third-order valence-corrected chi connectivity index (χ3v) is 4.62. The van der Waals surface area contributed by atoms with Crippen molar-refractivity contribution in [2.45, 2.75) is 44.4 Å². The number of alkyl carbamates (subject to hydrolysis) is 1. The summed E-state index contributed by atoms with van der Waals surface area (Å²) in [5.74, 6) is -1.04. The maximum absolute atomic E-state index is 11.8. The molecular formula is C19H29N3O4. The molecule has 7 nitrogen and oxygen atoms in total. The van der Waals surface area contributed by atoms with Crippen LogP contribution in [0.5, 0.6) is 0 Å². The van der Waals surface area contributed by atoms with E-state index in [-0.39, 0.29) is 6.61 Å². The number of benzene rings is 1. The fourth-order valence-electron chi connectivity index (χ4n) is 2.99. The van der Waals surface area contributed by atoms with Gasteiger partial charge in [-0.3, -0.25) is 0 Å². The van der Waals surface area contributed by atoms with Gasteiger partial charge in [0.25, 0.3) is 0 Å². The van der Waals surface area contributed by atoms with Crippen LogP contribution >= 0.6 is 0 Å². The number of rotatable bonds is 9. The van der Waals surface area contributed by atoms with Crippen LogP contribution in [0.1, 0.15) is 31.2 Å². The lowest BCUT2D eigenvalue weighted by Crippen LogP contribution is -2.43. The molecule has 2 rings (SSSR count). The van der Waals surface area contributed by atoms with Crippen LogP contribution in [0.2, 0.25) is 0 Å². The van der Waals surface area contributed by atoms with E-state index in [0.717, 1.165) is 38.0 Å². The normalized spacial score (nSPS) is 16.8. The highest BCUT2D eigenvalue weighted by molar-refractivity contribution is 5.79. The summed E-state index contributed by atoms with van der Waals surface area (Å²) in [6.07, 6.45) is 2.58. The van der Waals surface area contributed by atoms with E-state index in [1.54, 1.807) is 0 Å². The highest BCUT2D eigenvalue weighted by Crippen LogP contribution is 2.08. The molecule has 1 aromatic rings. The molecule has 1 saturated heterocycles. The fourth-order valence-corrected chi connectivity index (χ4v) is 2.99. The minimum absolute atomic E-state index is 0.122. The van der Waals surface area contributed by atoms with Crippen molar-refractivity contribution in [3.63, 3.8) is 0 Å². The lowest BCUT2D eigenvalue weighted by molar-refractivity contribution is -0.139. The summed E-state index contributed by atoms with van der Waals surface area (Å²) in [5.41, 5.74) is 0.858. The van der Waals surface area contributed by atoms with Gasteiger partial charge >= 0.3 is 12.1 Å². The zero-order valence-corrected chi connectivity index (χ0v) is 15.3. The number of ether oxygens (including phenoxy) is 1. The fraction of sp³-hybridized carbons (Fsp3) is 0.579. The van der Waals surface area contributed by atoms with Gasteiger partial charge in [0, 0.05) is 6.04 Å². The lowest BCUT2D eigenvalue weighted by Gasteiger charge is -2.29. The predicted octanol–water partition coefficient (Wildman–Crippen LogP) is 1.83. The number of piperidine rings is 1. The Balaban J connectivity index is 1.64. The summed E-state index contributed by atoms with van der Waals surface area (Å²) in [7, 11) is 2.12. The third-order valence-electron chi connectivity index (χ3n) is 4.62. The van der Waals surface area contributed by atoms with Gasteiger partial charge in [0.05, 0.1) is 0 Å². The average molecular weight is 363 g/mol. The molecule has 144 valence electrons. The van der Waals surface area contributed by atoms with Crippen LogP contribution in [0.25, 0.3) is 0 Å². The molecule has 0 aliphatic carbocycles. The Hall–Kier alpha value is -2.12. The number of carbonyl (C=O) groups excluding carboxylic acids is 1. The lowest BCUT2D eigenvalue weighted by atomic mass is 10.1. The van der Waals surface area contributed by atoms with Gasteiger partial charge in [0.15, 0.2) is 0 Å². The van der Waals surface area contributed by atoms with E-state index >= 15 is 0 Å². The summed E-state index contributed by atoms with van der Waals surface area (Å²) in [6, 6.07) is 8.84. The summed E-state index contributed by atoms with van der Waals surface area (Å²) < 4.78 is 5.09. The molecule has 1 amide bonds. The van der Waals surface area contributed by atoms with Crippen molar-refractivity contribution >= 4 is 12.1 Å². The number of nitrogens with zero attached hydrogens (tertiary/aromatic N) is 1. The summed E-state index contributed by atoms with van der Waals surface area (Å²) in [4.78, 5) is 25.5. The molecule has 0 radical (unpaired) electrons. The average Bonchev–Trinajstić information content (AvgIpc) is 2.64. The van der Waals surface area contributed by atoms with Gasteiger partial charge in [0.2, 0.25) is 0 Å². The Kier molecular flexibility index (Phi) is 8.37. The summed E-state index contributed by atoms with van der Waals surface area (Å²) in [5, 5.41) is 15.2. The molecule has 0 unspecified atom stereocenters. The molecule has 1 aromatic carbocycles. The number of carbonyl (C=O) groups is 2. The van der Waals surface area contributed by atoms with E-state index < -0.39 is 18.1 Å². The number of hydrogen-bond donors (Lipinski definition) is 3. The van der Waals surface area contributed by atoms with E-state index in [2.05, 4.69) is 22.6 Å². The first kappa shape index (κ1) is 20.2. The molecule has 3 N–H and O–H groups in total. The molecule has 0 spiro atoms. The second-order valence-electron chi connectivity index (χ2n) is 6.77. The van der Waals surface area contributed by atoms with Gasteiger partial charge in [-0.1, -0.05) is 30.3 Å². The van der Waals surface area contributed by atoms with Crippen LogP contribution in [0.15, 0.2) is 30.3 Å². The molecule has 1 atom stereocenters. The maximum atomic E-state index is 11.8. The summed E-state index contributed by atoms with van der Waals surface area (Å²) >= 11 is 0. The van der Waals surface area contributed by atoms with Crippen molar-refractivity contribution in [3.05, 3.63) is 35.9 Å². The van der Waals surface area contributed by atoms with E-state index in [4.69, 9.17) is 4.74 Å². The zero-order chi connectivity index (χ0) is 18.8. The second kappa shape index (κ2) is 10.8. The van der Waals surface area contributed by atoms with E-state index in [0.29, 0.717) is 18.9 Å². The maximum Gasteiger partial charge on any atom is 0.408 e. The van der Waals surface area contributed by atoms with Crippen molar-refractivity contribution in [2.75, 3.05) is 26.7 Å². The molecule has 0 aromatic heterocycles. The highest BCUT2D eigenvalue weighted by Gasteiger charge is 2.21. The minimum Gasteiger partial charge on any atom is -0.480 e. The molecule has 7 heteroatoms. The largest absolute Gasteiger partial charge is 0.480 e. The number of likely N-dealkylation sites (tertiary alicyclic amines) is 1. The topological polar surface area (TPSA) is 90.9 Å². The van der Waals surface area contributed by atoms with E-state index in [9.17, 15) is 14.7 Å². The smallest absolute Gasteiger partial charge is 0.408 e. The van der Waals surface area contributed by atoms with E-state index in [1.165, 1.54) is 0 Å². The van der Waals surface area contributed by atoms with Crippen molar-refractivity contribution in [2.24, 2.45) is 0 Å². The molecular weight excluding hydrogens is 334 g/mol.